The number of benzene rings is 2. The maximum absolute atomic E-state index is 12.9. The lowest BCUT2D eigenvalue weighted by molar-refractivity contribution is -0.0410. The van der Waals surface area contributed by atoms with Crippen molar-refractivity contribution in [1.29, 1.82) is 0 Å². The van der Waals surface area contributed by atoms with E-state index in [4.69, 9.17) is 13.7 Å². The number of ether oxygens (including phenoxy) is 2. The van der Waals surface area contributed by atoms with Crippen molar-refractivity contribution in [2.45, 2.75) is 67.7 Å². The Kier molecular flexibility index (Phi) is 7.58. The van der Waals surface area contributed by atoms with E-state index in [9.17, 15) is 4.79 Å². The van der Waals surface area contributed by atoms with E-state index in [1.165, 1.54) is 9.79 Å². The Morgan fingerprint density at radius 1 is 0.969 bits per heavy atom. The number of rotatable bonds is 5. The third-order valence-electron chi connectivity index (χ3n) is 5.31. The SMILES string of the molecule is CC(C)(C)OC(=O)N1CCOCC1COS(c1ccccc1)(c1ccccc1)C(C)(C)C. The molecule has 0 spiro atoms. The van der Waals surface area contributed by atoms with Gasteiger partial charge in [-0.1, -0.05) is 46.7 Å². The maximum Gasteiger partial charge on any atom is 0.410 e. The molecule has 0 N–H and O–H groups in total. The van der Waals surface area contributed by atoms with Gasteiger partial charge in [-0.15, -0.1) is 0 Å². The van der Waals surface area contributed by atoms with Crippen molar-refractivity contribution in [1.82, 2.24) is 4.90 Å². The average molecular weight is 460 g/mol. The predicted molar refractivity (Wildman–Crippen MR) is 130 cm³/mol. The molecule has 1 aliphatic heterocycles. The zero-order valence-corrected chi connectivity index (χ0v) is 21.0. The molecule has 2 aromatic rings. The summed E-state index contributed by atoms with van der Waals surface area (Å²) >= 11 is 0. The van der Waals surface area contributed by atoms with Crippen molar-refractivity contribution in [3.63, 3.8) is 0 Å². The summed E-state index contributed by atoms with van der Waals surface area (Å²) < 4.78 is 18.2. The Morgan fingerprint density at radius 3 is 1.97 bits per heavy atom. The highest BCUT2D eigenvalue weighted by Crippen LogP contribution is 2.71. The van der Waals surface area contributed by atoms with E-state index in [1.807, 2.05) is 32.9 Å². The number of hydrogen-bond donors (Lipinski definition) is 0. The van der Waals surface area contributed by atoms with Crippen LogP contribution in [0.25, 0.3) is 0 Å². The summed E-state index contributed by atoms with van der Waals surface area (Å²) in [6.45, 7) is 14.1. The van der Waals surface area contributed by atoms with Gasteiger partial charge < -0.3 is 13.7 Å². The molecule has 1 saturated heterocycles. The normalized spacial score (nSPS) is 18.3. The topological polar surface area (TPSA) is 48.0 Å². The van der Waals surface area contributed by atoms with Crippen LogP contribution in [0.5, 0.6) is 0 Å². The maximum atomic E-state index is 12.9. The van der Waals surface area contributed by atoms with Gasteiger partial charge in [0.25, 0.3) is 0 Å². The van der Waals surface area contributed by atoms with Crippen LogP contribution >= 0.6 is 10.3 Å². The van der Waals surface area contributed by atoms with E-state index in [0.29, 0.717) is 26.4 Å². The summed E-state index contributed by atoms with van der Waals surface area (Å²) in [6, 6.07) is 20.7. The Bertz CT molecular complexity index is 835. The predicted octanol–water partition coefficient (Wildman–Crippen LogP) is 6.28. The first kappa shape index (κ1) is 24.6. The van der Waals surface area contributed by atoms with Crippen LogP contribution in [-0.2, 0) is 13.7 Å². The first-order valence-electron chi connectivity index (χ1n) is 11.2. The minimum absolute atomic E-state index is 0.179. The summed E-state index contributed by atoms with van der Waals surface area (Å²) in [4.78, 5) is 17.0. The molecule has 0 saturated carbocycles. The summed E-state index contributed by atoms with van der Waals surface area (Å²) in [5, 5.41) is 0. The zero-order valence-electron chi connectivity index (χ0n) is 20.2. The Morgan fingerprint density at radius 2 is 1.50 bits per heavy atom. The molecule has 0 bridgehead atoms. The largest absolute Gasteiger partial charge is 0.444 e. The highest BCUT2D eigenvalue weighted by atomic mass is 32.3. The van der Waals surface area contributed by atoms with Crippen LogP contribution in [0.15, 0.2) is 70.5 Å². The molecular weight excluding hydrogens is 422 g/mol. The van der Waals surface area contributed by atoms with Crippen molar-refractivity contribution in [3.05, 3.63) is 60.7 Å². The Balaban J connectivity index is 1.96. The average Bonchev–Trinajstić information content (AvgIpc) is 2.74. The lowest BCUT2D eigenvalue weighted by Gasteiger charge is -2.51. The van der Waals surface area contributed by atoms with Gasteiger partial charge in [-0.25, -0.2) is 4.79 Å². The van der Waals surface area contributed by atoms with Gasteiger partial charge in [0.05, 0.1) is 25.9 Å². The zero-order chi connectivity index (χ0) is 23.4. The van der Waals surface area contributed by atoms with Crippen LogP contribution in [0.4, 0.5) is 4.79 Å². The standard InChI is InChI=1S/C26H37NO4S/c1-25(2,3)31-24(28)27-17-18-29-19-21(27)20-30-32(26(4,5)6,22-13-9-7-10-14-22)23-15-11-8-12-16-23/h7-16,21H,17-20H2,1-6H3. The summed E-state index contributed by atoms with van der Waals surface area (Å²) in [6.07, 6.45) is -0.315. The van der Waals surface area contributed by atoms with E-state index in [1.54, 1.807) is 4.90 Å². The second-order valence-corrected chi connectivity index (χ2v) is 13.5. The van der Waals surface area contributed by atoms with Crippen molar-refractivity contribution in [2.24, 2.45) is 0 Å². The highest BCUT2D eigenvalue weighted by Gasteiger charge is 2.43. The molecule has 2 aromatic carbocycles. The van der Waals surface area contributed by atoms with Crippen LogP contribution in [0.1, 0.15) is 41.5 Å². The monoisotopic (exact) mass is 459 g/mol. The fraction of sp³-hybridized carbons (Fsp3) is 0.500. The van der Waals surface area contributed by atoms with Gasteiger partial charge in [0.1, 0.15) is 5.60 Å². The van der Waals surface area contributed by atoms with Gasteiger partial charge in [-0.05, 0) is 65.8 Å². The molecule has 0 aliphatic carbocycles. The van der Waals surface area contributed by atoms with E-state index in [0.717, 1.165) is 0 Å². The summed E-state index contributed by atoms with van der Waals surface area (Å²) in [7, 11) is -1.89. The first-order chi connectivity index (χ1) is 15.0. The van der Waals surface area contributed by atoms with Crippen molar-refractivity contribution in [2.75, 3.05) is 26.4 Å². The molecule has 1 amide bonds. The van der Waals surface area contributed by atoms with Crippen molar-refractivity contribution in [3.8, 4) is 0 Å². The molecule has 0 radical (unpaired) electrons. The molecule has 6 heteroatoms. The number of nitrogens with zero attached hydrogens (tertiary/aromatic N) is 1. The molecule has 32 heavy (non-hydrogen) atoms. The molecule has 1 aliphatic rings. The highest BCUT2D eigenvalue weighted by molar-refractivity contribution is 8.31. The van der Waals surface area contributed by atoms with Gasteiger partial charge in [0, 0.05) is 21.1 Å². The van der Waals surface area contributed by atoms with Crippen molar-refractivity contribution >= 4 is 16.4 Å². The third kappa shape index (κ3) is 5.48. The van der Waals surface area contributed by atoms with Gasteiger partial charge in [-0.2, -0.15) is 0 Å². The second-order valence-electron chi connectivity index (χ2n) is 9.98. The first-order valence-corrected chi connectivity index (χ1v) is 12.8. The van der Waals surface area contributed by atoms with Crippen LogP contribution in [0.3, 0.4) is 0 Å². The number of carbonyl (C=O) groups excluding carboxylic acids is 1. The fourth-order valence-corrected chi connectivity index (χ4v) is 7.67. The van der Waals surface area contributed by atoms with Gasteiger partial charge in [0.2, 0.25) is 0 Å². The van der Waals surface area contributed by atoms with Gasteiger partial charge in [0.15, 0.2) is 0 Å². The number of amides is 1. The van der Waals surface area contributed by atoms with Gasteiger partial charge in [-0.3, -0.25) is 4.90 Å². The molecule has 3 rings (SSSR count). The van der Waals surface area contributed by atoms with Crippen molar-refractivity contribution < 1.29 is 18.5 Å². The van der Waals surface area contributed by atoms with E-state index >= 15 is 0 Å². The van der Waals surface area contributed by atoms with E-state index in [2.05, 4.69) is 69.3 Å². The smallest absolute Gasteiger partial charge is 0.410 e. The minimum Gasteiger partial charge on any atom is -0.444 e. The third-order valence-corrected chi connectivity index (χ3v) is 9.39. The van der Waals surface area contributed by atoms with Crippen LogP contribution in [0.2, 0.25) is 0 Å². The number of carbonyl (C=O) groups is 1. The molecule has 176 valence electrons. The quantitative estimate of drug-likeness (QED) is 0.528. The number of morpholine rings is 1. The Labute approximate surface area is 194 Å². The molecule has 5 nitrogen and oxygen atoms in total. The van der Waals surface area contributed by atoms with E-state index in [-0.39, 0.29) is 16.9 Å². The molecule has 0 aromatic heterocycles. The Hall–Kier alpha value is -2.02. The van der Waals surface area contributed by atoms with Gasteiger partial charge >= 0.3 is 6.09 Å². The summed E-state index contributed by atoms with van der Waals surface area (Å²) in [5.41, 5.74) is -0.546. The molecule has 1 unspecified atom stereocenters. The van der Waals surface area contributed by atoms with Crippen LogP contribution in [-0.4, -0.2) is 53.7 Å². The molecule has 1 fully saturated rings. The van der Waals surface area contributed by atoms with Crippen LogP contribution < -0.4 is 0 Å². The lowest BCUT2D eigenvalue weighted by atomic mass is 10.2. The second kappa shape index (κ2) is 9.86. The van der Waals surface area contributed by atoms with Crippen LogP contribution in [0, 0.1) is 0 Å². The summed E-state index contributed by atoms with van der Waals surface area (Å²) in [5.74, 6) is 0. The van der Waals surface area contributed by atoms with E-state index < -0.39 is 15.9 Å². The minimum atomic E-state index is -1.89. The molecular formula is C26H37NO4S. The fourth-order valence-electron chi connectivity index (χ4n) is 3.91. The lowest BCUT2D eigenvalue weighted by Crippen LogP contribution is -2.52. The molecule has 1 heterocycles. The molecule has 1 atom stereocenters. The number of hydrogen-bond acceptors (Lipinski definition) is 4.